The topological polar surface area (TPSA) is 56.2 Å². The standard InChI is InChI=1S/C11H11F3N4/c12-11(13,14)7-4-8(15)10-16-9(6-2-1-3-6)17-18(10)5-7/h4-6H,1-3,15H2. The van der Waals surface area contributed by atoms with E-state index in [0.29, 0.717) is 11.5 Å². The van der Waals surface area contributed by atoms with Crippen LogP contribution in [0.4, 0.5) is 18.9 Å². The van der Waals surface area contributed by atoms with Gasteiger partial charge in [-0.1, -0.05) is 6.42 Å². The van der Waals surface area contributed by atoms with Crippen molar-refractivity contribution in [2.45, 2.75) is 31.4 Å². The van der Waals surface area contributed by atoms with E-state index in [1.54, 1.807) is 0 Å². The van der Waals surface area contributed by atoms with E-state index in [-0.39, 0.29) is 11.6 Å². The summed E-state index contributed by atoms with van der Waals surface area (Å²) in [5, 5.41) is 4.10. The molecule has 0 unspecified atom stereocenters. The van der Waals surface area contributed by atoms with Crippen LogP contribution in [0.25, 0.3) is 5.65 Å². The third kappa shape index (κ3) is 1.70. The summed E-state index contributed by atoms with van der Waals surface area (Å²) in [7, 11) is 0. The Hall–Kier alpha value is -1.79. The van der Waals surface area contributed by atoms with Crippen LogP contribution in [0.5, 0.6) is 0 Å². The molecule has 1 fully saturated rings. The summed E-state index contributed by atoms with van der Waals surface area (Å²) in [5.74, 6) is 0.853. The Morgan fingerprint density at radius 3 is 2.61 bits per heavy atom. The number of aromatic nitrogens is 3. The molecule has 2 aromatic heterocycles. The highest BCUT2D eigenvalue weighted by atomic mass is 19.4. The summed E-state index contributed by atoms with van der Waals surface area (Å²) in [5.41, 5.74) is 5.09. The number of halogens is 3. The van der Waals surface area contributed by atoms with E-state index in [4.69, 9.17) is 5.73 Å². The van der Waals surface area contributed by atoms with Gasteiger partial charge in [0.25, 0.3) is 0 Å². The maximum Gasteiger partial charge on any atom is 0.417 e. The number of hydrogen-bond donors (Lipinski definition) is 1. The fourth-order valence-corrected chi connectivity index (χ4v) is 2.02. The summed E-state index contributed by atoms with van der Waals surface area (Å²) in [6, 6.07) is 0.897. The number of pyridine rings is 1. The van der Waals surface area contributed by atoms with Crippen LogP contribution in [0.15, 0.2) is 12.3 Å². The molecule has 1 saturated carbocycles. The zero-order valence-electron chi connectivity index (χ0n) is 9.41. The zero-order chi connectivity index (χ0) is 12.9. The Kier molecular flexibility index (Phi) is 2.26. The van der Waals surface area contributed by atoms with Crippen molar-refractivity contribution in [3.63, 3.8) is 0 Å². The molecule has 96 valence electrons. The average Bonchev–Trinajstić information content (AvgIpc) is 2.57. The largest absolute Gasteiger partial charge is 0.417 e. The molecule has 2 aromatic rings. The summed E-state index contributed by atoms with van der Waals surface area (Å²) < 4.78 is 39.0. The predicted octanol–water partition coefficient (Wildman–Crippen LogP) is 2.60. The molecular weight excluding hydrogens is 245 g/mol. The Morgan fingerprint density at radius 2 is 2.06 bits per heavy atom. The molecule has 0 radical (unpaired) electrons. The third-order valence-corrected chi connectivity index (χ3v) is 3.28. The highest BCUT2D eigenvalue weighted by Crippen LogP contribution is 2.36. The van der Waals surface area contributed by atoms with Crippen molar-refractivity contribution in [2.75, 3.05) is 5.73 Å². The van der Waals surface area contributed by atoms with Gasteiger partial charge in [-0.2, -0.15) is 18.3 Å². The predicted molar refractivity (Wildman–Crippen MR) is 59.0 cm³/mol. The van der Waals surface area contributed by atoms with Gasteiger partial charge in [0, 0.05) is 12.1 Å². The van der Waals surface area contributed by atoms with Crippen molar-refractivity contribution < 1.29 is 13.2 Å². The maximum absolute atomic E-state index is 12.6. The molecule has 0 bridgehead atoms. The highest BCUT2D eigenvalue weighted by Gasteiger charge is 2.32. The lowest BCUT2D eigenvalue weighted by Crippen LogP contribution is -2.10. The Bertz CT molecular complexity index is 598. The van der Waals surface area contributed by atoms with Crippen LogP contribution in [0.2, 0.25) is 0 Å². The Morgan fingerprint density at radius 1 is 1.33 bits per heavy atom. The van der Waals surface area contributed by atoms with Gasteiger partial charge in [-0.15, -0.1) is 0 Å². The second-order valence-corrected chi connectivity index (χ2v) is 4.55. The minimum absolute atomic E-state index is 0.00268. The second kappa shape index (κ2) is 3.60. The molecule has 0 atom stereocenters. The fourth-order valence-electron chi connectivity index (χ4n) is 2.02. The van der Waals surface area contributed by atoms with Gasteiger partial charge >= 0.3 is 6.18 Å². The van der Waals surface area contributed by atoms with Crippen molar-refractivity contribution in [1.82, 2.24) is 14.6 Å². The van der Waals surface area contributed by atoms with Crippen LogP contribution in [0.3, 0.4) is 0 Å². The molecule has 4 nitrogen and oxygen atoms in total. The summed E-state index contributed by atoms with van der Waals surface area (Å²) in [6.45, 7) is 0. The first-order chi connectivity index (χ1) is 8.45. The van der Waals surface area contributed by atoms with Crippen molar-refractivity contribution in [2.24, 2.45) is 0 Å². The molecule has 2 heterocycles. The number of nitrogen functional groups attached to an aromatic ring is 1. The quantitative estimate of drug-likeness (QED) is 0.853. The van der Waals surface area contributed by atoms with Crippen LogP contribution in [-0.2, 0) is 6.18 Å². The maximum atomic E-state index is 12.6. The summed E-state index contributed by atoms with van der Waals surface area (Å²) >= 11 is 0. The molecule has 2 N–H and O–H groups in total. The first-order valence-electron chi connectivity index (χ1n) is 5.68. The first kappa shape index (κ1) is 11.3. The highest BCUT2D eigenvalue weighted by molar-refractivity contribution is 5.65. The van der Waals surface area contributed by atoms with Crippen molar-refractivity contribution in [1.29, 1.82) is 0 Å². The SMILES string of the molecule is Nc1cc(C(F)(F)F)cn2nc(C3CCC3)nc12. The normalized spacial score (nSPS) is 17.1. The number of nitrogens with zero attached hydrogens (tertiary/aromatic N) is 3. The van der Waals surface area contributed by atoms with E-state index in [9.17, 15) is 13.2 Å². The van der Waals surface area contributed by atoms with E-state index in [1.165, 1.54) is 0 Å². The molecule has 0 spiro atoms. The minimum Gasteiger partial charge on any atom is -0.396 e. The van der Waals surface area contributed by atoms with Crippen LogP contribution >= 0.6 is 0 Å². The second-order valence-electron chi connectivity index (χ2n) is 4.55. The van der Waals surface area contributed by atoms with E-state index in [2.05, 4.69) is 10.1 Å². The molecule has 3 rings (SSSR count). The molecule has 0 aromatic carbocycles. The van der Waals surface area contributed by atoms with E-state index in [0.717, 1.165) is 36.0 Å². The van der Waals surface area contributed by atoms with E-state index >= 15 is 0 Å². The zero-order valence-corrected chi connectivity index (χ0v) is 9.41. The van der Waals surface area contributed by atoms with Gasteiger partial charge < -0.3 is 5.73 Å². The minimum atomic E-state index is -4.43. The van der Waals surface area contributed by atoms with Gasteiger partial charge in [-0.05, 0) is 18.9 Å². The first-order valence-corrected chi connectivity index (χ1v) is 5.68. The fraction of sp³-hybridized carbons (Fsp3) is 0.455. The van der Waals surface area contributed by atoms with Gasteiger partial charge in [-0.3, -0.25) is 0 Å². The monoisotopic (exact) mass is 256 g/mol. The van der Waals surface area contributed by atoms with Crippen LogP contribution in [0.1, 0.15) is 36.6 Å². The van der Waals surface area contributed by atoms with Crippen molar-refractivity contribution >= 4 is 11.3 Å². The molecular formula is C11H11F3N4. The summed E-state index contributed by atoms with van der Waals surface area (Å²) in [4.78, 5) is 4.22. The lowest BCUT2D eigenvalue weighted by molar-refractivity contribution is -0.137. The lowest BCUT2D eigenvalue weighted by Gasteiger charge is -2.21. The molecule has 1 aliphatic rings. The van der Waals surface area contributed by atoms with Gasteiger partial charge in [0.05, 0.1) is 11.3 Å². The molecule has 18 heavy (non-hydrogen) atoms. The van der Waals surface area contributed by atoms with Gasteiger partial charge in [0.15, 0.2) is 11.5 Å². The molecule has 0 amide bonds. The smallest absolute Gasteiger partial charge is 0.396 e. The number of rotatable bonds is 1. The third-order valence-electron chi connectivity index (χ3n) is 3.28. The number of fused-ring (bicyclic) bond motifs is 1. The number of anilines is 1. The van der Waals surface area contributed by atoms with E-state index in [1.807, 2.05) is 0 Å². The van der Waals surface area contributed by atoms with Gasteiger partial charge in [0.1, 0.15) is 0 Å². The lowest BCUT2D eigenvalue weighted by atomic mass is 9.85. The van der Waals surface area contributed by atoms with Crippen molar-refractivity contribution in [3.8, 4) is 0 Å². The molecule has 1 aliphatic carbocycles. The summed E-state index contributed by atoms with van der Waals surface area (Å²) in [6.07, 6.45) is -0.402. The number of alkyl halides is 3. The molecule has 0 aliphatic heterocycles. The molecule has 7 heteroatoms. The average molecular weight is 256 g/mol. The number of nitrogens with two attached hydrogens (primary N) is 1. The molecule has 0 saturated heterocycles. The van der Waals surface area contributed by atoms with Crippen molar-refractivity contribution in [3.05, 3.63) is 23.7 Å². The van der Waals surface area contributed by atoms with Crippen LogP contribution in [-0.4, -0.2) is 14.6 Å². The number of hydrogen-bond acceptors (Lipinski definition) is 3. The van der Waals surface area contributed by atoms with E-state index < -0.39 is 11.7 Å². The Labute approximate surface area is 101 Å². The van der Waals surface area contributed by atoms with Crippen LogP contribution < -0.4 is 5.73 Å². The van der Waals surface area contributed by atoms with Crippen LogP contribution in [0, 0.1) is 0 Å². The van der Waals surface area contributed by atoms with Gasteiger partial charge in [-0.25, -0.2) is 9.50 Å². The van der Waals surface area contributed by atoms with Gasteiger partial charge in [0.2, 0.25) is 0 Å². The Balaban J connectivity index is 2.12.